The third kappa shape index (κ3) is 2.03. The van der Waals surface area contributed by atoms with E-state index in [9.17, 15) is 4.79 Å². The molecule has 0 radical (unpaired) electrons. The molecule has 108 valence electrons. The second-order valence-electron chi connectivity index (χ2n) is 5.75. The van der Waals surface area contributed by atoms with Crippen LogP contribution in [0.5, 0.6) is 0 Å². The number of hydrogen-bond acceptors (Lipinski definition) is 4. The molecule has 2 aliphatic rings. The Hall–Kier alpha value is -1.88. The second kappa shape index (κ2) is 4.84. The standard InChI is InChI=1S/C16H17N3OS/c1-10-9-19-8-2-3-12-13(19)15(16(20)18-10)21-14(12)11-4-6-17-7-5-11/h4-7,10H,2-3,8-9H2,1H3,(H,18,20)/t10-/m0/s1. The van der Waals surface area contributed by atoms with Crippen molar-refractivity contribution in [3.05, 3.63) is 35.0 Å². The number of hydrogen-bond donors (Lipinski definition) is 1. The molecule has 0 saturated heterocycles. The molecule has 1 N–H and O–H groups in total. The largest absolute Gasteiger partial charge is 0.368 e. The predicted molar refractivity (Wildman–Crippen MR) is 85.0 cm³/mol. The van der Waals surface area contributed by atoms with Gasteiger partial charge in [-0.05, 0) is 43.0 Å². The van der Waals surface area contributed by atoms with E-state index in [1.807, 2.05) is 24.5 Å². The van der Waals surface area contributed by atoms with Crippen molar-refractivity contribution < 1.29 is 4.79 Å². The van der Waals surface area contributed by atoms with Crippen molar-refractivity contribution in [2.75, 3.05) is 18.0 Å². The molecule has 2 aliphatic heterocycles. The molecule has 4 nitrogen and oxygen atoms in total. The van der Waals surface area contributed by atoms with Crippen LogP contribution in [0.4, 0.5) is 5.69 Å². The summed E-state index contributed by atoms with van der Waals surface area (Å²) in [6.07, 6.45) is 5.84. The molecule has 21 heavy (non-hydrogen) atoms. The quantitative estimate of drug-likeness (QED) is 0.880. The van der Waals surface area contributed by atoms with Crippen molar-refractivity contribution in [2.45, 2.75) is 25.8 Å². The van der Waals surface area contributed by atoms with Crippen molar-refractivity contribution in [2.24, 2.45) is 0 Å². The van der Waals surface area contributed by atoms with Crippen molar-refractivity contribution in [3.8, 4) is 10.4 Å². The summed E-state index contributed by atoms with van der Waals surface area (Å²) >= 11 is 1.63. The van der Waals surface area contributed by atoms with Gasteiger partial charge in [0.1, 0.15) is 4.88 Å². The topological polar surface area (TPSA) is 45.2 Å². The Balaban J connectivity index is 1.91. The minimum atomic E-state index is 0.0773. The van der Waals surface area contributed by atoms with Crippen molar-refractivity contribution in [1.82, 2.24) is 10.3 Å². The molecule has 0 unspecified atom stereocenters. The molecule has 0 saturated carbocycles. The Morgan fingerprint density at radius 3 is 2.95 bits per heavy atom. The summed E-state index contributed by atoms with van der Waals surface area (Å²) in [7, 11) is 0. The van der Waals surface area contributed by atoms with E-state index in [2.05, 4.69) is 22.1 Å². The van der Waals surface area contributed by atoms with Gasteiger partial charge in [-0.25, -0.2) is 0 Å². The zero-order chi connectivity index (χ0) is 14.4. The lowest BCUT2D eigenvalue weighted by molar-refractivity contribution is 0.0949. The van der Waals surface area contributed by atoms with Gasteiger partial charge in [0.05, 0.1) is 5.69 Å². The number of nitrogens with one attached hydrogen (secondary N) is 1. The number of nitrogens with zero attached hydrogens (tertiary/aromatic N) is 2. The highest BCUT2D eigenvalue weighted by atomic mass is 32.1. The Labute approximate surface area is 127 Å². The van der Waals surface area contributed by atoms with Gasteiger partial charge in [-0.15, -0.1) is 11.3 Å². The minimum absolute atomic E-state index is 0.0773. The monoisotopic (exact) mass is 299 g/mol. The van der Waals surface area contributed by atoms with Crippen LogP contribution in [0.3, 0.4) is 0 Å². The highest BCUT2D eigenvalue weighted by Gasteiger charge is 2.33. The maximum Gasteiger partial charge on any atom is 0.263 e. The number of anilines is 1. The molecule has 5 heteroatoms. The number of carbonyl (C=O) groups excluding carboxylic acids is 1. The molecular formula is C16H17N3OS. The summed E-state index contributed by atoms with van der Waals surface area (Å²) in [5.41, 5.74) is 3.69. The van der Waals surface area contributed by atoms with Crippen LogP contribution >= 0.6 is 11.3 Å². The lowest BCUT2D eigenvalue weighted by Gasteiger charge is -2.30. The molecule has 4 heterocycles. The maximum atomic E-state index is 12.5. The molecule has 1 amide bonds. The van der Waals surface area contributed by atoms with E-state index in [1.165, 1.54) is 21.7 Å². The predicted octanol–water partition coefficient (Wildman–Crippen LogP) is 2.69. The van der Waals surface area contributed by atoms with E-state index in [4.69, 9.17) is 0 Å². The fraction of sp³-hybridized carbons (Fsp3) is 0.375. The molecule has 0 bridgehead atoms. The highest BCUT2D eigenvalue weighted by molar-refractivity contribution is 7.18. The van der Waals surface area contributed by atoms with Crippen LogP contribution < -0.4 is 10.2 Å². The van der Waals surface area contributed by atoms with Gasteiger partial charge >= 0.3 is 0 Å². The molecular weight excluding hydrogens is 282 g/mol. The molecule has 2 aromatic heterocycles. The molecule has 4 rings (SSSR count). The van der Waals surface area contributed by atoms with Gasteiger partial charge in [0.25, 0.3) is 5.91 Å². The van der Waals surface area contributed by atoms with Gasteiger partial charge in [-0.3, -0.25) is 9.78 Å². The number of carbonyl (C=O) groups is 1. The Morgan fingerprint density at radius 1 is 1.33 bits per heavy atom. The minimum Gasteiger partial charge on any atom is -0.368 e. The normalized spacial score (nSPS) is 20.7. The smallest absolute Gasteiger partial charge is 0.263 e. The summed E-state index contributed by atoms with van der Waals surface area (Å²) in [5.74, 6) is 0.0773. The van der Waals surface area contributed by atoms with Crippen molar-refractivity contribution >= 4 is 22.9 Å². The fourth-order valence-corrected chi connectivity index (χ4v) is 4.60. The van der Waals surface area contributed by atoms with Crippen LogP contribution in [0.2, 0.25) is 0 Å². The fourth-order valence-electron chi connectivity index (χ4n) is 3.32. The van der Waals surface area contributed by atoms with Crippen LogP contribution in [-0.2, 0) is 6.42 Å². The number of amides is 1. The van der Waals surface area contributed by atoms with Crippen LogP contribution in [0.1, 0.15) is 28.6 Å². The molecule has 0 aliphatic carbocycles. The first-order chi connectivity index (χ1) is 10.2. The van der Waals surface area contributed by atoms with E-state index in [-0.39, 0.29) is 11.9 Å². The molecule has 0 spiro atoms. The van der Waals surface area contributed by atoms with E-state index in [0.717, 1.165) is 30.8 Å². The van der Waals surface area contributed by atoms with Crippen LogP contribution in [0.15, 0.2) is 24.5 Å². The summed E-state index contributed by atoms with van der Waals surface area (Å²) in [4.78, 5) is 21.0. The van der Waals surface area contributed by atoms with E-state index < -0.39 is 0 Å². The third-order valence-corrected chi connectivity index (χ3v) is 5.44. The summed E-state index contributed by atoms with van der Waals surface area (Å²) in [5, 5.41) is 3.10. The second-order valence-corrected chi connectivity index (χ2v) is 6.77. The maximum absolute atomic E-state index is 12.5. The van der Waals surface area contributed by atoms with Gasteiger partial charge in [-0.1, -0.05) is 0 Å². The zero-order valence-corrected chi connectivity index (χ0v) is 12.7. The average molecular weight is 299 g/mol. The van der Waals surface area contributed by atoms with Crippen molar-refractivity contribution in [3.63, 3.8) is 0 Å². The summed E-state index contributed by atoms with van der Waals surface area (Å²) in [6, 6.07) is 4.26. The molecule has 1 atom stereocenters. The zero-order valence-electron chi connectivity index (χ0n) is 11.9. The van der Waals surface area contributed by atoms with E-state index >= 15 is 0 Å². The van der Waals surface area contributed by atoms with Gasteiger partial charge < -0.3 is 10.2 Å². The highest BCUT2D eigenvalue weighted by Crippen LogP contribution is 2.45. The summed E-state index contributed by atoms with van der Waals surface area (Å²) < 4.78 is 0. The van der Waals surface area contributed by atoms with E-state index in [1.54, 1.807) is 11.3 Å². The van der Waals surface area contributed by atoms with Crippen LogP contribution in [-0.4, -0.2) is 30.0 Å². The first-order valence-corrected chi connectivity index (χ1v) is 8.17. The lowest BCUT2D eigenvalue weighted by atomic mass is 9.99. The van der Waals surface area contributed by atoms with Gasteiger partial charge in [0.15, 0.2) is 0 Å². The Bertz CT molecular complexity index is 695. The Kier molecular flexibility index (Phi) is 2.96. The first-order valence-electron chi connectivity index (χ1n) is 7.36. The van der Waals surface area contributed by atoms with Gasteiger partial charge in [0.2, 0.25) is 0 Å². The average Bonchev–Trinajstić information content (AvgIpc) is 2.83. The van der Waals surface area contributed by atoms with Crippen LogP contribution in [0.25, 0.3) is 10.4 Å². The Morgan fingerprint density at radius 2 is 2.14 bits per heavy atom. The number of aromatic nitrogens is 1. The van der Waals surface area contributed by atoms with Crippen LogP contribution in [0, 0.1) is 0 Å². The number of pyridine rings is 1. The molecule has 2 aromatic rings. The van der Waals surface area contributed by atoms with Gasteiger partial charge in [-0.2, -0.15) is 0 Å². The molecule has 0 fully saturated rings. The third-order valence-electron chi connectivity index (χ3n) is 4.17. The lowest BCUT2D eigenvalue weighted by Crippen LogP contribution is -2.39. The summed E-state index contributed by atoms with van der Waals surface area (Å²) in [6.45, 7) is 4.02. The SMILES string of the molecule is C[C@H]1CN2CCCc3c(-c4ccncc4)sc(c32)C(=O)N1. The number of thiophene rings is 1. The number of rotatable bonds is 1. The van der Waals surface area contributed by atoms with Crippen molar-refractivity contribution in [1.29, 1.82) is 0 Å². The molecule has 0 aromatic carbocycles. The first kappa shape index (κ1) is 12.8. The van der Waals surface area contributed by atoms with E-state index in [0.29, 0.717) is 0 Å². The van der Waals surface area contributed by atoms with Gasteiger partial charge in [0, 0.05) is 36.4 Å².